The molecule has 1 aromatic carbocycles. The highest BCUT2D eigenvalue weighted by Crippen LogP contribution is 2.27. The fourth-order valence-corrected chi connectivity index (χ4v) is 5.19. The predicted molar refractivity (Wildman–Crippen MR) is 152 cm³/mol. The zero-order valence-electron chi connectivity index (χ0n) is 23.5. The zero-order chi connectivity index (χ0) is 28.3. The van der Waals surface area contributed by atoms with Crippen molar-refractivity contribution in [2.75, 3.05) is 45.1 Å². The van der Waals surface area contributed by atoms with E-state index < -0.39 is 11.2 Å². The Bertz CT molecular complexity index is 1210. The van der Waals surface area contributed by atoms with Crippen molar-refractivity contribution in [3.63, 3.8) is 0 Å². The van der Waals surface area contributed by atoms with E-state index in [0.29, 0.717) is 49.9 Å². The summed E-state index contributed by atoms with van der Waals surface area (Å²) in [4.78, 5) is 47.5. The first kappa shape index (κ1) is 28.7. The van der Waals surface area contributed by atoms with Gasteiger partial charge in [0.05, 0.1) is 11.2 Å². The van der Waals surface area contributed by atoms with Crippen molar-refractivity contribution in [2.45, 2.75) is 57.7 Å². The Morgan fingerprint density at radius 1 is 1.10 bits per heavy atom. The van der Waals surface area contributed by atoms with Gasteiger partial charge in [0.15, 0.2) is 0 Å². The smallest absolute Gasteiger partial charge is 0.338 e. The number of nitrogens with one attached hydrogen (secondary N) is 1. The van der Waals surface area contributed by atoms with Crippen molar-refractivity contribution < 1.29 is 9.59 Å². The molecule has 0 spiro atoms. The van der Waals surface area contributed by atoms with Crippen molar-refractivity contribution in [2.24, 2.45) is 17.4 Å². The van der Waals surface area contributed by atoms with Gasteiger partial charge in [0, 0.05) is 51.0 Å². The van der Waals surface area contributed by atoms with Gasteiger partial charge in [-0.2, -0.15) is 4.98 Å². The van der Waals surface area contributed by atoms with Crippen molar-refractivity contribution in [3.8, 4) is 5.69 Å². The molecule has 2 aromatic rings. The molecular formula is C28H42N8O3. The molecule has 3 amide bonds. The largest absolute Gasteiger partial charge is 0.354 e. The fourth-order valence-electron chi connectivity index (χ4n) is 5.19. The Kier molecular flexibility index (Phi) is 8.73. The second-order valence-electron chi connectivity index (χ2n) is 11.7. The van der Waals surface area contributed by atoms with Crippen LogP contribution in [0.25, 0.3) is 5.69 Å². The van der Waals surface area contributed by atoms with Crippen LogP contribution in [-0.2, 0) is 11.2 Å². The first-order valence-electron chi connectivity index (χ1n) is 13.7. The number of likely N-dealkylation sites (N-methyl/N-ethyl adjacent to an activating group) is 1. The fraction of sp³-hybridized carbons (Fsp3) is 0.571. The van der Waals surface area contributed by atoms with Crippen LogP contribution in [0.15, 0.2) is 41.3 Å². The minimum absolute atomic E-state index is 0.141. The Hall–Kier alpha value is -3.28. The van der Waals surface area contributed by atoms with Crippen LogP contribution in [0, 0.1) is 5.92 Å². The number of anilines is 1. The molecule has 2 heterocycles. The van der Waals surface area contributed by atoms with Gasteiger partial charge in [-0.1, -0.05) is 12.1 Å². The number of carbonyl (C=O) groups is 2. The number of carbonyl (C=O) groups excluding carboxylic acids is 2. The van der Waals surface area contributed by atoms with Gasteiger partial charge in [0.25, 0.3) is 0 Å². The van der Waals surface area contributed by atoms with Crippen LogP contribution in [-0.4, -0.2) is 93.6 Å². The molecule has 2 fully saturated rings. The van der Waals surface area contributed by atoms with E-state index >= 15 is 0 Å². The molecule has 1 unspecified atom stereocenters. The highest BCUT2D eigenvalue weighted by Gasteiger charge is 2.31. The summed E-state index contributed by atoms with van der Waals surface area (Å²) in [5.41, 5.74) is 12.3. The molecule has 1 aliphatic carbocycles. The number of nitrogens with two attached hydrogens (primary N) is 2. The molecule has 212 valence electrons. The molecule has 11 nitrogen and oxygen atoms in total. The zero-order valence-corrected chi connectivity index (χ0v) is 23.5. The summed E-state index contributed by atoms with van der Waals surface area (Å²) < 4.78 is 1.45. The molecule has 4 rings (SSSR count). The van der Waals surface area contributed by atoms with Crippen LogP contribution in [0.5, 0.6) is 0 Å². The third-order valence-corrected chi connectivity index (χ3v) is 7.76. The minimum atomic E-state index is -0.946. The van der Waals surface area contributed by atoms with Gasteiger partial charge in [-0.15, -0.1) is 0 Å². The van der Waals surface area contributed by atoms with E-state index in [4.69, 9.17) is 11.5 Å². The lowest BCUT2D eigenvalue weighted by atomic mass is 9.80. The molecule has 0 radical (unpaired) electrons. The van der Waals surface area contributed by atoms with E-state index in [1.165, 1.54) is 10.1 Å². The predicted octanol–water partition coefficient (Wildman–Crippen LogP) is 1.25. The van der Waals surface area contributed by atoms with Crippen LogP contribution in [0.2, 0.25) is 0 Å². The topological polar surface area (TPSA) is 143 Å². The van der Waals surface area contributed by atoms with E-state index in [9.17, 15) is 14.4 Å². The number of hydrogen-bond donors (Lipinski definition) is 3. The second-order valence-corrected chi connectivity index (χ2v) is 11.7. The summed E-state index contributed by atoms with van der Waals surface area (Å²) in [7, 11) is 2.16. The normalized spacial score (nSPS) is 20.5. The average molecular weight is 539 g/mol. The number of urea groups is 1. The number of hydrogen-bond acceptors (Lipinski definition) is 7. The van der Waals surface area contributed by atoms with Crippen LogP contribution < -0.4 is 22.5 Å². The summed E-state index contributed by atoms with van der Waals surface area (Å²) in [5.74, 6) is 0.743. The molecular weight excluding hydrogens is 496 g/mol. The SMILES string of the molecule is CC(Cc1ccc(-n2ccc(NC(=O)N3CCN(C(=O)C(C)(C)N)CC3)nc2=O)cc1)N(C)C[C@H]1C[C@@H](N)C1. The van der Waals surface area contributed by atoms with Gasteiger partial charge in [-0.05, 0) is 76.8 Å². The summed E-state index contributed by atoms with van der Waals surface area (Å²) in [6.45, 7) is 8.20. The monoisotopic (exact) mass is 538 g/mol. The van der Waals surface area contributed by atoms with E-state index in [1.807, 2.05) is 24.3 Å². The Morgan fingerprint density at radius 3 is 2.28 bits per heavy atom. The molecule has 5 N–H and O–H groups in total. The molecule has 1 saturated carbocycles. The number of amides is 3. The molecule has 11 heteroatoms. The average Bonchev–Trinajstić information content (AvgIpc) is 2.87. The van der Waals surface area contributed by atoms with Gasteiger partial charge < -0.3 is 26.2 Å². The minimum Gasteiger partial charge on any atom is -0.338 e. The van der Waals surface area contributed by atoms with Crippen LogP contribution in [0.1, 0.15) is 39.2 Å². The van der Waals surface area contributed by atoms with Gasteiger partial charge in [-0.3, -0.25) is 14.7 Å². The van der Waals surface area contributed by atoms with Crippen molar-refractivity contribution in [1.82, 2.24) is 24.3 Å². The van der Waals surface area contributed by atoms with Gasteiger partial charge >= 0.3 is 11.7 Å². The maximum absolute atomic E-state index is 12.7. The van der Waals surface area contributed by atoms with E-state index in [1.54, 1.807) is 35.9 Å². The maximum Gasteiger partial charge on any atom is 0.354 e. The highest BCUT2D eigenvalue weighted by atomic mass is 16.2. The molecule has 2 aliphatic rings. The maximum atomic E-state index is 12.7. The first-order chi connectivity index (χ1) is 18.4. The number of rotatable bonds is 8. The number of piperazine rings is 1. The van der Waals surface area contributed by atoms with Gasteiger partial charge in [0.2, 0.25) is 5.91 Å². The lowest BCUT2D eigenvalue weighted by Crippen LogP contribution is -2.58. The summed E-state index contributed by atoms with van der Waals surface area (Å²) in [6.07, 6.45) is 4.76. The molecule has 39 heavy (non-hydrogen) atoms. The Balaban J connectivity index is 1.30. The number of nitrogens with zero attached hydrogens (tertiary/aromatic N) is 5. The van der Waals surface area contributed by atoms with E-state index in [2.05, 4.69) is 29.2 Å². The third-order valence-electron chi connectivity index (χ3n) is 7.76. The van der Waals surface area contributed by atoms with Crippen molar-refractivity contribution in [3.05, 3.63) is 52.6 Å². The lowest BCUT2D eigenvalue weighted by molar-refractivity contribution is -0.137. The van der Waals surface area contributed by atoms with Crippen LogP contribution >= 0.6 is 0 Å². The molecule has 1 saturated heterocycles. The quantitative estimate of drug-likeness (QED) is 0.459. The Morgan fingerprint density at radius 2 is 1.72 bits per heavy atom. The summed E-state index contributed by atoms with van der Waals surface area (Å²) in [6, 6.07) is 9.92. The molecule has 1 aliphatic heterocycles. The Labute approximate surface area is 230 Å². The number of aromatic nitrogens is 2. The van der Waals surface area contributed by atoms with Crippen LogP contribution in [0.3, 0.4) is 0 Å². The van der Waals surface area contributed by atoms with Crippen molar-refractivity contribution in [1.29, 1.82) is 0 Å². The van der Waals surface area contributed by atoms with Crippen LogP contribution in [0.4, 0.5) is 10.6 Å². The standard InChI is InChI=1S/C28H42N8O3/c1-19(33(4)18-21-16-22(29)17-21)15-20-5-7-23(8-6-20)36-10-9-24(32-27(36)39)31-26(38)35-13-11-34(12-14-35)25(37)28(2,3)30/h5-10,19,21-22H,11-18,29-30H2,1-4H3,(H,31,32,38,39)/t19?,21-,22+. The van der Waals surface area contributed by atoms with Crippen molar-refractivity contribution >= 4 is 17.8 Å². The van der Waals surface area contributed by atoms with E-state index in [-0.39, 0.29) is 17.8 Å². The van der Waals surface area contributed by atoms with Gasteiger partial charge in [-0.25, -0.2) is 9.59 Å². The van der Waals surface area contributed by atoms with E-state index in [0.717, 1.165) is 25.8 Å². The molecule has 1 atom stereocenters. The molecule has 1 aromatic heterocycles. The third kappa shape index (κ3) is 7.23. The number of benzene rings is 1. The molecule has 0 bridgehead atoms. The first-order valence-corrected chi connectivity index (χ1v) is 13.7. The summed E-state index contributed by atoms with van der Waals surface area (Å²) in [5, 5.41) is 2.69. The highest BCUT2D eigenvalue weighted by molar-refractivity contribution is 5.89. The summed E-state index contributed by atoms with van der Waals surface area (Å²) >= 11 is 0. The van der Waals surface area contributed by atoms with Gasteiger partial charge in [0.1, 0.15) is 5.82 Å². The lowest BCUT2D eigenvalue weighted by Gasteiger charge is -2.37. The second kappa shape index (κ2) is 11.8.